The number of hydrogen-bond donors (Lipinski definition) is 1. The van der Waals surface area contributed by atoms with E-state index in [4.69, 9.17) is 17.3 Å². The Hall–Kier alpha value is -1.48. The highest BCUT2D eigenvalue weighted by molar-refractivity contribution is 6.30. The van der Waals surface area contributed by atoms with E-state index in [9.17, 15) is 0 Å². The topological polar surface area (TPSA) is 43.8 Å². The molecule has 78 valence electrons. The lowest BCUT2D eigenvalue weighted by atomic mass is 10.2. The Morgan fingerprint density at radius 3 is 2.60 bits per heavy atom. The molecule has 4 heteroatoms. The minimum atomic E-state index is 0.698. The molecule has 2 N–H and O–H groups in total. The van der Waals surface area contributed by atoms with Gasteiger partial charge in [-0.05, 0) is 37.6 Å². The number of nitrogens with two attached hydrogens (primary N) is 1. The second-order valence-electron chi connectivity index (χ2n) is 3.55. The van der Waals surface area contributed by atoms with Crippen molar-refractivity contribution in [3.63, 3.8) is 0 Å². The molecule has 0 aliphatic rings. The van der Waals surface area contributed by atoms with Gasteiger partial charge in [0.1, 0.15) is 0 Å². The SMILES string of the molecule is Cc1cc(Cl)ccc1-n1cc(N)c(C)n1. The molecule has 0 fully saturated rings. The lowest BCUT2D eigenvalue weighted by molar-refractivity contribution is 0.856. The number of rotatable bonds is 1. The van der Waals surface area contributed by atoms with E-state index in [-0.39, 0.29) is 0 Å². The van der Waals surface area contributed by atoms with E-state index in [1.165, 1.54) is 0 Å². The van der Waals surface area contributed by atoms with Gasteiger partial charge in [0, 0.05) is 5.02 Å². The Kier molecular flexibility index (Phi) is 2.40. The molecule has 0 unspecified atom stereocenters. The first-order valence-electron chi connectivity index (χ1n) is 4.66. The van der Waals surface area contributed by atoms with E-state index in [2.05, 4.69) is 5.10 Å². The number of aryl methyl sites for hydroxylation is 2. The Bertz CT molecular complexity index is 483. The Labute approximate surface area is 93.5 Å². The van der Waals surface area contributed by atoms with Crippen LogP contribution in [0.4, 0.5) is 5.69 Å². The third-order valence-corrected chi connectivity index (χ3v) is 2.58. The van der Waals surface area contributed by atoms with Gasteiger partial charge in [-0.25, -0.2) is 4.68 Å². The molecule has 1 heterocycles. The van der Waals surface area contributed by atoms with Crippen LogP contribution in [0, 0.1) is 13.8 Å². The molecular formula is C11H12ClN3. The molecule has 0 saturated heterocycles. The summed E-state index contributed by atoms with van der Waals surface area (Å²) in [5.41, 5.74) is 9.36. The van der Waals surface area contributed by atoms with Gasteiger partial charge < -0.3 is 5.73 Å². The van der Waals surface area contributed by atoms with Crippen molar-refractivity contribution in [2.45, 2.75) is 13.8 Å². The molecule has 0 aliphatic carbocycles. The quantitative estimate of drug-likeness (QED) is 0.805. The van der Waals surface area contributed by atoms with Crippen molar-refractivity contribution in [2.75, 3.05) is 5.73 Å². The summed E-state index contributed by atoms with van der Waals surface area (Å²) in [6.45, 7) is 3.88. The standard InChI is InChI=1S/C11H12ClN3/c1-7-5-9(12)3-4-11(7)15-6-10(13)8(2)14-15/h3-6H,13H2,1-2H3. The summed E-state index contributed by atoms with van der Waals surface area (Å²) < 4.78 is 1.77. The van der Waals surface area contributed by atoms with Gasteiger partial charge in [-0.3, -0.25) is 0 Å². The predicted molar refractivity (Wildman–Crippen MR) is 62.5 cm³/mol. The van der Waals surface area contributed by atoms with Crippen LogP contribution in [-0.4, -0.2) is 9.78 Å². The number of nitrogens with zero attached hydrogens (tertiary/aromatic N) is 2. The van der Waals surface area contributed by atoms with Gasteiger partial charge in [-0.1, -0.05) is 11.6 Å². The van der Waals surface area contributed by atoms with Crippen LogP contribution < -0.4 is 5.73 Å². The maximum Gasteiger partial charge on any atom is 0.0827 e. The Morgan fingerprint density at radius 1 is 1.33 bits per heavy atom. The smallest absolute Gasteiger partial charge is 0.0827 e. The van der Waals surface area contributed by atoms with E-state index in [1.54, 1.807) is 4.68 Å². The van der Waals surface area contributed by atoms with Crippen LogP contribution in [0.15, 0.2) is 24.4 Å². The van der Waals surface area contributed by atoms with Gasteiger partial charge in [0.25, 0.3) is 0 Å². The maximum atomic E-state index is 5.89. The third kappa shape index (κ3) is 1.83. The van der Waals surface area contributed by atoms with E-state index in [1.807, 2.05) is 38.2 Å². The van der Waals surface area contributed by atoms with Crippen molar-refractivity contribution >= 4 is 17.3 Å². The summed E-state index contributed by atoms with van der Waals surface area (Å²) in [4.78, 5) is 0. The van der Waals surface area contributed by atoms with Crippen molar-refractivity contribution in [1.82, 2.24) is 9.78 Å². The summed E-state index contributed by atoms with van der Waals surface area (Å²) in [5.74, 6) is 0. The van der Waals surface area contributed by atoms with Crippen molar-refractivity contribution in [3.8, 4) is 5.69 Å². The molecule has 0 saturated carbocycles. The van der Waals surface area contributed by atoms with E-state index in [0.29, 0.717) is 5.69 Å². The third-order valence-electron chi connectivity index (χ3n) is 2.34. The fourth-order valence-corrected chi connectivity index (χ4v) is 1.70. The van der Waals surface area contributed by atoms with Crippen molar-refractivity contribution < 1.29 is 0 Å². The molecule has 0 aliphatic heterocycles. The fourth-order valence-electron chi connectivity index (χ4n) is 1.47. The zero-order valence-corrected chi connectivity index (χ0v) is 9.42. The zero-order valence-electron chi connectivity index (χ0n) is 8.66. The largest absolute Gasteiger partial charge is 0.396 e. The first-order valence-corrected chi connectivity index (χ1v) is 5.04. The van der Waals surface area contributed by atoms with Gasteiger partial charge in [-0.15, -0.1) is 0 Å². The van der Waals surface area contributed by atoms with E-state index < -0.39 is 0 Å². The van der Waals surface area contributed by atoms with Crippen LogP contribution in [0.2, 0.25) is 5.02 Å². The van der Waals surface area contributed by atoms with Crippen LogP contribution in [0.25, 0.3) is 5.69 Å². The Morgan fingerprint density at radius 2 is 2.07 bits per heavy atom. The minimum absolute atomic E-state index is 0.698. The molecule has 15 heavy (non-hydrogen) atoms. The molecule has 1 aromatic heterocycles. The van der Waals surface area contributed by atoms with Crippen LogP contribution >= 0.6 is 11.6 Å². The summed E-state index contributed by atoms with van der Waals surface area (Å²) in [6, 6.07) is 5.69. The molecule has 0 spiro atoms. The molecule has 0 atom stereocenters. The summed E-state index contributed by atoms with van der Waals surface area (Å²) >= 11 is 5.89. The first kappa shape index (κ1) is 10.1. The first-order chi connectivity index (χ1) is 7.08. The molecule has 0 radical (unpaired) electrons. The van der Waals surface area contributed by atoms with Crippen molar-refractivity contribution in [3.05, 3.63) is 40.7 Å². The van der Waals surface area contributed by atoms with E-state index >= 15 is 0 Å². The summed E-state index contributed by atoms with van der Waals surface area (Å²) in [5, 5.41) is 5.05. The number of nitrogen functional groups attached to an aromatic ring is 1. The fraction of sp³-hybridized carbons (Fsp3) is 0.182. The van der Waals surface area contributed by atoms with Crippen LogP contribution in [-0.2, 0) is 0 Å². The average Bonchev–Trinajstić information content (AvgIpc) is 2.46. The Balaban J connectivity index is 2.54. The molecule has 2 aromatic rings. The second-order valence-corrected chi connectivity index (χ2v) is 3.98. The number of benzene rings is 1. The highest BCUT2D eigenvalue weighted by atomic mass is 35.5. The van der Waals surface area contributed by atoms with Gasteiger partial charge in [0.05, 0.1) is 23.3 Å². The highest BCUT2D eigenvalue weighted by Gasteiger charge is 2.05. The van der Waals surface area contributed by atoms with E-state index in [0.717, 1.165) is 22.0 Å². The predicted octanol–water partition coefficient (Wildman–Crippen LogP) is 2.72. The van der Waals surface area contributed by atoms with Gasteiger partial charge in [0.15, 0.2) is 0 Å². The molecule has 0 amide bonds. The zero-order chi connectivity index (χ0) is 11.0. The minimum Gasteiger partial charge on any atom is -0.396 e. The van der Waals surface area contributed by atoms with Crippen LogP contribution in [0.1, 0.15) is 11.3 Å². The lowest BCUT2D eigenvalue weighted by Gasteiger charge is -2.05. The molecule has 2 rings (SSSR count). The maximum absolute atomic E-state index is 5.89. The number of anilines is 1. The second kappa shape index (κ2) is 3.59. The van der Waals surface area contributed by atoms with Gasteiger partial charge in [-0.2, -0.15) is 5.10 Å². The molecule has 3 nitrogen and oxygen atoms in total. The number of aromatic nitrogens is 2. The van der Waals surface area contributed by atoms with Crippen molar-refractivity contribution in [2.24, 2.45) is 0 Å². The van der Waals surface area contributed by atoms with Gasteiger partial charge >= 0.3 is 0 Å². The average molecular weight is 222 g/mol. The van der Waals surface area contributed by atoms with Crippen LogP contribution in [0.5, 0.6) is 0 Å². The normalized spacial score (nSPS) is 10.6. The van der Waals surface area contributed by atoms with Gasteiger partial charge in [0.2, 0.25) is 0 Å². The highest BCUT2D eigenvalue weighted by Crippen LogP contribution is 2.20. The molecular weight excluding hydrogens is 210 g/mol. The molecule has 0 bridgehead atoms. The van der Waals surface area contributed by atoms with Crippen LogP contribution in [0.3, 0.4) is 0 Å². The molecule has 1 aromatic carbocycles. The van der Waals surface area contributed by atoms with Crippen molar-refractivity contribution in [1.29, 1.82) is 0 Å². The monoisotopic (exact) mass is 221 g/mol. The summed E-state index contributed by atoms with van der Waals surface area (Å²) in [7, 11) is 0. The lowest BCUT2D eigenvalue weighted by Crippen LogP contribution is -1.97. The number of hydrogen-bond acceptors (Lipinski definition) is 2. The summed E-state index contributed by atoms with van der Waals surface area (Å²) in [6.07, 6.45) is 1.81. The number of halogens is 1.